The SMILES string of the molecule is O=C(Nc1ccc(-c2nn[nH]n2)cc1)[C@@H]1NCC[C@@H]1N1CCCCC1. The molecule has 2 atom stereocenters. The molecule has 2 aliphatic heterocycles. The number of nitrogens with one attached hydrogen (secondary N) is 3. The smallest absolute Gasteiger partial charge is 0.243 e. The number of likely N-dealkylation sites (tertiary alicyclic amines) is 1. The molecule has 0 unspecified atom stereocenters. The molecule has 0 saturated carbocycles. The molecule has 2 aromatic rings. The molecule has 132 valence electrons. The Hall–Kier alpha value is -2.32. The molecule has 2 aliphatic rings. The van der Waals surface area contributed by atoms with Crippen molar-refractivity contribution in [3.63, 3.8) is 0 Å². The Bertz CT molecular complexity index is 694. The van der Waals surface area contributed by atoms with Gasteiger partial charge in [0.1, 0.15) is 6.04 Å². The number of hydrogen-bond donors (Lipinski definition) is 3. The quantitative estimate of drug-likeness (QED) is 0.768. The average Bonchev–Trinajstić information content (AvgIpc) is 3.35. The standard InChI is InChI=1S/C17H23N7O/c25-17(15-14(8-9-18-15)24-10-2-1-3-11-24)19-13-6-4-12(5-7-13)16-20-22-23-21-16/h4-7,14-15,18H,1-3,8-11H2,(H,19,25)(H,20,21,22,23)/t14-,15+/m0/s1. The van der Waals surface area contributed by atoms with Crippen LogP contribution in [0.25, 0.3) is 11.4 Å². The average molecular weight is 341 g/mol. The lowest BCUT2D eigenvalue weighted by molar-refractivity contribution is -0.119. The van der Waals surface area contributed by atoms with Gasteiger partial charge in [0.2, 0.25) is 11.7 Å². The van der Waals surface area contributed by atoms with Crippen LogP contribution in [-0.2, 0) is 4.79 Å². The van der Waals surface area contributed by atoms with E-state index in [-0.39, 0.29) is 11.9 Å². The van der Waals surface area contributed by atoms with Gasteiger partial charge in [-0.05, 0) is 68.4 Å². The lowest BCUT2D eigenvalue weighted by Gasteiger charge is -2.34. The van der Waals surface area contributed by atoms with Crippen LogP contribution in [0.15, 0.2) is 24.3 Å². The fourth-order valence-electron chi connectivity index (χ4n) is 3.81. The summed E-state index contributed by atoms with van der Waals surface area (Å²) in [5, 5.41) is 20.3. The first-order valence-electron chi connectivity index (χ1n) is 8.93. The summed E-state index contributed by atoms with van der Waals surface area (Å²) in [5.41, 5.74) is 1.64. The lowest BCUT2D eigenvalue weighted by Crippen LogP contribution is -2.51. The number of amides is 1. The number of carbonyl (C=O) groups is 1. The summed E-state index contributed by atoms with van der Waals surface area (Å²) < 4.78 is 0. The van der Waals surface area contributed by atoms with Crippen LogP contribution in [0.5, 0.6) is 0 Å². The van der Waals surface area contributed by atoms with Crippen LogP contribution >= 0.6 is 0 Å². The highest BCUT2D eigenvalue weighted by atomic mass is 16.2. The topological polar surface area (TPSA) is 98.8 Å². The van der Waals surface area contributed by atoms with Gasteiger partial charge < -0.3 is 10.6 Å². The van der Waals surface area contributed by atoms with Gasteiger partial charge in [-0.25, -0.2) is 0 Å². The van der Waals surface area contributed by atoms with E-state index < -0.39 is 0 Å². The Balaban J connectivity index is 1.40. The van der Waals surface area contributed by atoms with Crippen molar-refractivity contribution >= 4 is 11.6 Å². The molecule has 0 aliphatic carbocycles. The summed E-state index contributed by atoms with van der Waals surface area (Å²) in [6.07, 6.45) is 4.82. The number of rotatable bonds is 4. The molecule has 1 aromatic carbocycles. The van der Waals surface area contributed by atoms with E-state index in [2.05, 4.69) is 36.2 Å². The normalized spacial score (nSPS) is 24.3. The second-order valence-electron chi connectivity index (χ2n) is 6.69. The first-order valence-corrected chi connectivity index (χ1v) is 8.93. The molecule has 3 N–H and O–H groups in total. The molecule has 0 bridgehead atoms. The van der Waals surface area contributed by atoms with Crippen molar-refractivity contribution in [3.8, 4) is 11.4 Å². The number of benzene rings is 1. The van der Waals surface area contributed by atoms with Crippen molar-refractivity contribution in [2.75, 3.05) is 25.0 Å². The monoisotopic (exact) mass is 341 g/mol. The molecule has 2 saturated heterocycles. The van der Waals surface area contributed by atoms with Gasteiger partial charge in [0.25, 0.3) is 0 Å². The summed E-state index contributed by atoms with van der Waals surface area (Å²) in [6, 6.07) is 7.66. The van der Waals surface area contributed by atoms with Gasteiger partial charge in [0.15, 0.2) is 0 Å². The molecule has 2 fully saturated rings. The van der Waals surface area contributed by atoms with Crippen LogP contribution in [0.3, 0.4) is 0 Å². The Morgan fingerprint density at radius 3 is 2.68 bits per heavy atom. The minimum atomic E-state index is -0.144. The van der Waals surface area contributed by atoms with Crippen molar-refractivity contribution in [2.24, 2.45) is 0 Å². The van der Waals surface area contributed by atoms with E-state index in [1.165, 1.54) is 19.3 Å². The maximum absolute atomic E-state index is 12.7. The number of aromatic nitrogens is 4. The second kappa shape index (κ2) is 7.28. The highest BCUT2D eigenvalue weighted by Crippen LogP contribution is 2.22. The molecule has 1 amide bonds. The molecule has 8 nitrogen and oxygen atoms in total. The van der Waals surface area contributed by atoms with E-state index in [9.17, 15) is 4.79 Å². The van der Waals surface area contributed by atoms with Crippen LogP contribution < -0.4 is 10.6 Å². The summed E-state index contributed by atoms with van der Waals surface area (Å²) in [6.45, 7) is 3.11. The number of aromatic amines is 1. The lowest BCUT2D eigenvalue weighted by atomic mass is 10.0. The van der Waals surface area contributed by atoms with Crippen molar-refractivity contribution in [1.82, 2.24) is 30.8 Å². The summed E-state index contributed by atoms with van der Waals surface area (Å²) in [7, 11) is 0. The molecule has 0 radical (unpaired) electrons. The second-order valence-corrected chi connectivity index (χ2v) is 6.69. The Kier molecular flexibility index (Phi) is 4.71. The Morgan fingerprint density at radius 1 is 1.16 bits per heavy atom. The van der Waals surface area contributed by atoms with Gasteiger partial charge in [0.05, 0.1) is 0 Å². The molecular formula is C17H23N7O. The van der Waals surface area contributed by atoms with Gasteiger partial charge in [-0.2, -0.15) is 5.21 Å². The van der Waals surface area contributed by atoms with Gasteiger partial charge in [-0.15, -0.1) is 10.2 Å². The Labute approximate surface area is 146 Å². The van der Waals surface area contributed by atoms with Crippen LogP contribution in [0, 0.1) is 0 Å². The van der Waals surface area contributed by atoms with Gasteiger partial charge in [-0.3, -0.25) is 9.69 Å². The molecule has 25 heavy (non-hydrogen) atoms. The van der Waals surface area contributed by atoms with Crippen LogP contribution in [0.1, 0.15) is 25.7 Å². The fraction of sp³-hybridized carbons (Fsp3) is 0.529. The van der Waals surface area contributed by atoms with E-state index >= 15 is 0 Å². The van der Waals surface area contributed by atoms with Gasteiger partial charge >= 0.3 is 0 Å². The third kappa shape index (κ3) is 3.54. The summed E-state index contributed by atoms with van der Waals surface area (Å²) in [5.74, 6) is 0.584. The first kappa shape index (κ1) is 16.2. The molecule has 1 aromatic heterocycles. The number of piperidine rings is 1. The van der Waals surface area contributed by atoms with Crippen molar-refractivity contribution < 1.29 is 4.79 Å². The number of nitrogens with zero attached hydrogens (tertiary/aromatic N) is 4. The molecule has 0 spiro atoms. The minimum absolute atomic E-state index is 0.0420. The van der Waals surface area contributed by atoms with E-state index in [0.717, 1.165) is 37.3 Å². The number of anilines is 1. The summed E-state index contributed by atoms with van der Waals surface area (Å²) >= 11 is 0. The maximum atomic E-state index is 12.7. The van der Waals surface area contributed by atoms with Crippen LogP contribution in [0.4, 0.5) is 5.69 Å². The number of hydrogen-bond acceptors (Lipinski definition) is 6. The predicted molar refractivity (Wildman–Crippen MR) is 93.9 cm³/mol. The van der Waals surface area contributed by atoms with E-state index in [1.807, 2.05) is 24.3 Å². The zero-order valence-electron chi connectivity index (χ0n) is 14.1. The highest BCUT2D eigenvalue weighted by molar-refractivity contribution is 5.95. The highest BCUT2D eigenvalue weighted by Gasteiger charge is 2.36. The molecule has 4 rings (SSSR count). The third-order valence-electron chi connectivity index (χ3n) is 5.09. The van der Waals surface area contributed by atoms with Crippen LogP contribution in [0.2, 0.25) is 0 Å². The molecular weight excluding hydrogens is 318 g/mol. The summed E-state index contributed by atoms with van der Waals surface area (Å²) in [4.78, 5) is 15.2. The van der Waals surface area contributed by atoms with Gasteiger partial charge in [0, 0.05) is 17.3 Å². The third-order valence-corrected chi connectivity index (χ3v) is 5.09. The molecule has 8 heteroatoms. The minimum Gasteiger partial charge on any atom is -0.325 e. The number of tetrazole rings is 1. The zero-order valence-corrected chi connectivity index (χ0v) is 14.1. The first-order chi connectivity index (χ1) is 12.3. The predicted octanol–water partition coefficient (Wildman–Crippen LogP) is 1.02. The molecule has 3 heterocycles. The number of carbonyl (C=O) groups excluding carboxylic acids is 1. The van der Waals surface area contributed by atoms with Crippen molar-refractivity contribution in [2.45, 2.75) is 37.8 Å². The fourth-order valence-corrected chi connectivity index (χ4v) is 3.81. The van der Waals surface area contributed by atoms with Crippen molar-refractivity contribution in [3.05, 3.63) is 24.3 Å². The van der Waals surface area contributed by atoms with Gasteiger partial charge in [-0.1, -0.05) is 6.42 Å². The largest absolute Gasteiger partial charge is 0.325 e. The Morgan fingerprint density at radius 2 is 1.96 bits per heavy atom. The zero-order chi connectivity index (χ0) is 17.1. The van der Waals surface area contributed by atoms with E-state index in [1.54, 1.807) is 0 Å². The number of H-pyrrole nitrogens is 1. The van der Waals surface area contributed by atoms with Crippen LogP contribution in [-0.4, -0.2) is 63.1 Å². The maximum Gasteiger partial charge on any atom is 0.243 e. The van der Waals surface area contributed by atoms with E-state index in [0.29, 0.717) is 11.9 Å². The van der Waals surface area contributed by atoms with Crippen molar-refractivity contribution in [1.29, 1.82) is 0 Å². The van der Waals surface area contributed by atoms with E-state index in [4.69, 9.17) is 0 Å².